The van der Waals surface area contributed by atoms with Gasteiger partial charge in [-0.15, -0.1) is 0 Å². The summed E-state index contributed by atoms with van der Waals surface area (Å²) < 4.78 is 19.8. The summed E-state index contributed by atoms with van der Waals surface area (Å²) in [5, 5.41) is 2.78. The molecular formula is C23H28BrFN2O3. The Kier molecular flexibility index (Phi) is 9.30. The van der Waals surface area contributed by atoms with Gasteiger partial charge in [0.25, 0.3) is 5.91 Å². The van der Waals surface area contributed by atoms with Crippen LogP contribution in [0.15, 0.2) is 46.9 Å². The van der Waals surface area contributed by atoms with Crippen molar-refractivity contribution in [2.45, 2.75) is 46.2 Å². The molecule has 0 saturated heterocycles. The summed E-state index contributed by atoms with van der Waals surface area (Å²) in [4.78, 5) is 27.1. The standard InChI is InChI=1S/C23H28BrFN2O3/c1-4-16-9-12-21(19(24)13-16)30-15-22(28)27(20(5-2)23(29)26-6-3)14-17-7-10-18(25)11-8-17/h7-13,20H,4-6,14-15H2,1-3H3,(H,26,29)/t20-/m0/s1. The van der Waals surface area contributed by atoms with Crippen LogP contribution in [0, 0.1) is 5.82 Å². The molecule has 0 heterocycles. The molecule has 0 radical (unpaired) electrons. The molecule has 0 unspecified atom stereocenters. The minimum Gasteiger partial charge on any atom is -0.483 e. The molecule has 0 aliphatic carbocycles. The second kappa shape index (κ2) is 11.7. The third-order valence-corrected chi connectivity index (χ3v) is 5.38. The minimum absolute atomic E-state index is 0.189. The lowest BCUT2D eigenvalue weighted by Crippen LogP contribution is -2.50. The number of nitrogens with one attached hydrogen (secondary N) is 1. The number of carbonyl (C=O) groups is 2. The number of nitrogens with zero attached hydrogens (tertiary/aromatic N) is 1. The average molecular weight is 479 g/mol. The maximum atomic E-state index is 13.3. The lowest BCUT2D eigenvalue weighted by Gasteiger charge is -2.30. The Morgan fingerprint density at radius 2 is 1.77 bits per heavy atom. The van der Waals surface area contributed by atoms with Crippen LogP contribution < -0.4 is 10.1 Å². The van der Waals surface area contributed by atoms with E-state index in [1.54, 1.807) is 12.1 Å². The number of rotatable bonds is 10. The molecule has 1 atom stereocenters. The SMILES string of the molecule is CCNC(=O)[C@H](CC)N(Cc1ccc(F)cc1)C(=O)COc1ccc(CC)cc1Br. The quantitative estimate of drug-likeness (QED) is 0.547. The van der Waals surface area contributed by atoms with Crippen LogP contribution in [0.1, 0.15) is 38.3 Å². The number of benzene rings is 2. The molecule has 0 fully saturated rings. The van der Waals surface area contributed by atoms with Gasteiger partial charge in [0.15, 0.2) is 6.61 Å². The monoisotopic (exact) mass is 478 g/mol. The zero-order valence-electron chi connectivity index (χ0n) is 17.6. The van der Waals surface area contributed by atoms with Gasteiger partial charge in [0, 0.05) is 13.1 Å². The van der Waals surface area contributed by atoms with Crippen LogP contribution >= 0.6 is 15.9 Å². The van der Waals surface area contributed by atoms with Crippen LogP contribution in [-0.4, -0.2) is 35.9 Å². The smallest absolute Gasteiger partial charge is 0.261 e. The Morgan fingerprint density at radius 1 is 1.10 bits per heavy atom. The lowest BCUT2D eigenvalue weighted by atomic mass is 10.1. The molecule has 0 spiro atoms. The minimum atomic E-state index is -0.642. The van der Waals surface area contributed by atoms with Gasteiger partial charge in [-0.3, -0.25) is 9.59 Å². The molecule has 2 aromatic rings. The Labute approximate surface area is 185 Å². The van der Waals surface area contributed by atoms with E-state index in [-0.39, 0.29) is 30.8 Å². The highest BCUT2D eigenvalue weighted by Gasteiger charge is 2.28. The van der Waals surface area contributed by atoms with E-state index in [1.807, 2.05) is 32.0 Å². The second-order valence-corrected chi connectivity index (χ2v) is 7.73. The molecule has 0 aliphatic rings. The van der Waals surface area contributed by atoms with Gasteiger partial charge in [-0.1, -0.05) is 32.0 Å². The van der Waals surface area contributed by atoms with E-state index in [0.717, 1.165) is 22.0 Å². The summed E-state index contributed by atoms with van der Waals surface area (Å²) in [6, 6.07) is 11.0. The first-order valence-electron chi connectivity index (χ1n) is 10.1. The second-order valence-electron chi connectivity index (χ2n) is 6.87. The fourth-order valence-electron chi connectivity index (χ4n) is 3.10. The van der Waals surface area contributed by atoms with E-state index in [1.165, 1.54) is 17.0 Å². The first kappa shape index (κ1) is 23.9. The molecule has 1 N–H and O–H groups in total. The summed E-state index contributed by atoms with van der Waals surface area (Å²) in [5.41, 5.74) is 1.89. The molecule has 0 saturated carbocycles. The van der Waals surface area contributed by atoms with Crippen molar-refractivity contribution in [1.29, 1.82) is 0 Å². The Morgan fingerprint density at radius 3 is 2.33 bits per heavy atom. The molecule has 2 amide bonds. The normalized spacial score (nSPS) is 11.6. The first-order chi connectivity index (χ1) is 14.4. The van der Waals surface area contributed by atoms with Crippen LogP contribution in [0.3, 0.4) is 0 Å². The van der Waals surface area contributed by atoms with Crippen molar-refractivity contribution in [3.63, 3.8) is 0 Å². The van der Waals surface area contributed by atoms with Crippen molar-refractivity contribution in [3.8, 4) is 5.75 Å². The van der Waals surface area contributed by atoms with Gasteiger partial charge in [0.2, 0.25) is 5.91 Å². The maximum absolute atomic E-state index is 13.3. The number of carbonyl (C=O) groups excluding carboxylic acids is 2. The molecule has 0 aromatic heterocycles. The predicted molar refractivity (Wildman–Crippen MR) is 119 cm³/mol. The molecule has 30 heavy (non-hydrogen) atoms. The molecule has 0 bridgehead atoms. The molecule has 0 aliphatic heterocycles. The molecule has 5 nitrogen and oxygen atoms in total. The van der Waals surface area contributed by atoms with Crippen LogP contribution in [0.5, 0.6) is 5.75 Å². The van der Waals surface area contributed by atoms with Crippen LogP contribution in [-0.2, 0) is 22.6 Å². The number of amides is 2. The highest BCUT2D eigenvalue weighted by atomic mass is 79.9. The van der Waals surface area contributed by atoms with Gasteiger partial charge in [-0.2, -0.15) is 0 Å². The lowest BCUT2D eigenvalue weighted by molar-refractivity contribution is -0.142. The number of ether oxygens (including phenoxy) is 1. The summed E-state index contributed by atoms with van der Waals surface area (Å²) in [6.07, 6.45) is 1.35. The van der Waals surface area contributed by atoms with E-state index >= 15 is 0 Å². The van der Waals surface area contributed by atoms with Crippen LogP contribution in [0.25, 0.3) is 0 Å². The summed E-state index contributed by atoms with van der Waals surface area (Å²) >= 11 is 3.47. The highest BCUT2D eigenvalue weighted by molar-refractivity contribution is 9.10. The van der Waals surface area contributed by atoms with E-state index < -0.39 is 6.04 Å². The third kappa shape index (κ3) is 6.55. The Hall–Kier alpha value is -2.41. The summed E-state index contributed by atoms with van der Waals surface area (Å²) in [7, 11) is 0. The topological polar surface area (TPSA) is 58.6 Å². The van der Waals surface area contributed by atoms with Gasteiger partial charge >= 0.3 is 0 Å². The van der Waals surface area contributed by atoms with Gasteiger partial charge in [-0.05, 0) is 71.1 Å². The molecule has 2 aromatic carbocycles. The van der Waals surface area contributed by atoms with Crippen LogP contribution in [0.4, 0.5) is 4.39 Å². The number of likely N-dealkylation sites (N-methyl/N-ethyl adjacent to an activating group) is 1. The maximum Gasteiger partial charge on any atom is 0.261 e. The summed E-state index contributed by atoms with van der Waals surface area (Å²) in [6.45, 7) is 6.20. The number of aryl methyl sites for hydroxylation is 1. The van der Waals surface area contributed by atoms with E-state index in [4.69, 9.17) is 4.74 Å². The van der Waals surface area contributed by atoms with Crippen molar-refractivity contribution in [1.82, 2.24) is 10.2 Å². The summed E-state index contributed by atoms with van der Waals surface area (Å²) in [5.74, 6) is -0.322. The first-order valence-corrected chi connectivity index (χ1v) is 10.9. The molecule has 2 rings (SSSR count). The van der Waals surface area contributed by atoms with Gasteiger partial charge in [-0.25, -0.2) is 4.39 Å². The molecular weight excluding hydrogens is 451 g/mol. The number of halogens is 2. The van der Waals surface area contributed by atoms with E-state index in [9.17, 15) is 14.0 Å². The Balaban J connectivity index is 2.19. The molecule has 162 valence electrons. The molecule has 7 heteroatoms. The largest absolute Gasteiger partial charge is 0.483 e. The van der Waals surface area contributed by atoms with Gasteiger partial charge in [0.1, 0.15) is 17.6 Å². The predicted octanol–water partition coefficient (Wildman–Crippen LogP) is 4.47. The van der Waals surface area contributed by atoms with Gasteiger partial charge < -0.3 is 15.0 Å². The van der Waals surface area contributed by atoms with E-state index in [2.05, 4.69) is 28.2 Å². The zero-order valence-corrected chi connectivity index (χ0v) is 19.2. The Bertz CT molecular complexity index is 858. The van der Waals surface area contributed by atoms with Crippen molar-refractivity contribution in [2.24, 2.45) is 0 Å². The number of hydrogen-bond acceptors (Lipinski definition) is 3. The zero-order chi connectivity index (χ0) is 22.1. The van der Waals surface area contributed by atoms with E-state index in [0.29, 0.717) is 18.7 Å². The number of hydrogen-bond donors (Lipinski definition) is 1. The van der Waals surface area contributed by atoms with Crippen molar-refractivity contribution in [2.75, 3.05) is 13.2 Å². The average Bonchev–Trinajstić information content (AvgIpc) is 2.74. The van der Waals surface area contributed by atoms with Crippen LogP contribution in [0.2, 0.25) is 0 Å². The fraction of sp³-hybridized carbons (Fsp3) is 0.391. The van der Waals surface area contributed by atoms with Gasteiger partial charge in [0.05, 0.1) is 4.47 Å². The third-order valence-electron chi connectivity index (χ3n) is 4.76. The van der Waals surface area contributed by atoms with Crippen molar-refractivity contribution < 1.29 is 18.7 Å². The fourth-order valence-corrected chi connectivity index (χ4v) is 3.64. The highest BCUT2D eigenvalue weighted by Crippen LogP contribution is 2.26. The van der Waals surface area contributed by atoms with Crippen molar-refractivity contribution >= 4 is 27.7 Å². The van der Waals surface area contributed by atoms with Crippen molar-refractivity contribution in [3.05, 3.63) is 63.9 Å².